The Hall–Kier alpha value is -1.87. The van der Waals surface area contributed by atoms with Crippen LogP contribution in [0, 0.1) is 0 Å². The van der Waals surface area contributed by atoms with E-state index in [4.69, 9.17) is 0 Å². The van der Waals surface area contributed by atoms with Gasteiger partial charge >= 0.3 is 0 Å². The molecule has 0 bridgehead atoms. The maximum atomic E-state index is 10.7. The molecule has 3 nitrogen and oxygen atoms in total. The third kappa shape index (κ3) is 2.68. The van der Waals surface area contributed by atoms with Crippen LogP contribution >= 0.6 is 0 Å². The molecular weight excluding hydrogens is 224 g/mol. The topological polar surface area (TPSA) is 48.9 Å². The SMILES string of the molecule is C=CC(c1ccccc1)C(C)(O)Cc1ncc[nH]1. The van der Waals surface area contributed by atoms with Crippen LogP contribution in [0.25, 0.3) is 0 Å². The molecular formula is C15H18N2O. The van der Waals surface area contributed by atoms with E-state index in [0.717, 1.165) is 11.4 Å². The van der Waals surface area contributed by atoms with Crippen LogP contribution in [0.1, 0.15) is 24.2 Å². The molecule has 2 aromatic rings. The van der Waals surface area contributed by atoms with E-state index in [-0.39, 0.29) is 5.92 Å². The van der Waals surface area contributed by atoms with E-state index < -0.39 is 5.60 Å². The Kier molecular flexibility index (Phi) is 3.63. The molecule has 3 heteroatoms. The van der Waals surface area contributed by atoms with Gasteiger partial charge in [0.15, 0.2) is 0 Å². The molecule has 0 saturated heterocycles. The molecule has 94 valence electrons. The van der Waals surface area contributed by atoms with Crippen molar-refractivity contribution in [2.75, 3.05) is 0 Å². The number of hydrogen-bond acceptors (Lipinski definition) is 2. The predicted octanol–water partition coefficient (Wildman–Crippen LogP) is 2.67. The lowest BCUT2D eigenvalue weighted by atomic mass is 9.81. The first kappa shape index (κ1) is 12.6. The summed E-state index contributed by atoms with van der Waals surface area (Å²) in [6.45, 7) is 5.66. The lowest BCUT2D eigenvalue weighted by Gasteiger charge is -2.30. The van der Waals surface area contributed by atoms with Crippen LogP contribution in [-0.2, 0) is 6.42 Å². The highest BCUT2D eigenvalue weighted by Gasteiger charge is 2.31. The number of aromatic amines is 1. The fraction of sp³-hybridized carbons (Fsp3) is 0.267. The van der Waals surface area contributed by atoms with E-state index in [9.17, 15) is 5.11 Å². The van der Waals surface area contributed by atoms with Gasteiger partial charge in [0.2, 0.25) is 0 Å². The second kappa shape index (κ2) is 5.19. The summed E-state index contributed by atoms with van der Waals surface area (Å²) in [5.74, 6) is 0.659. The maximum Gasteiger partial charge on any atom is 0.108 e. The van der Waals surface area contributed by atoms with Crippen LogP contribution < -0.4 is 0 Å². The Balaban J connectivity index is 2.23. The first-order valence-corrected chi connectivity index (χ1v) is 6.01. The van der Waals surface area contributed by atoms with Crippen LogP contribution in [0.4, 0.5) is 0 Å². The van der Waals surface area contributed by atoms with E-state index in [0.29, 0.717) is 6.42 Å². The van der Waals surface area contributed by atoms with Crippen molar-refractivity contribution >= 4 is 0 Å². The highest BCUT2D eigenvalue weighted by Crippen LogP contribution is 2.31. The van der Waals surface area contributed by atoms with E-state index >= 15 is 0 Å². The zero-order valence-corrected chi connectivity index (χ0v) is 10.5. The average molecular weight is 242 g/mol. The molecule has 2 rings (SSSR count). The van der Waals surface area contributed by atoms with Crippen molar-refractivity contribution in [1.29, 1.82) is 0 Å². The number of rotatable bonds is 5. The zero-order valence-electron chi connectivity index (χ0n) is 10.5. The number of hydrogen-bond donors (Lipinski definition) is 2. The van der Waals surface area contributed by atoms with Gasteiger partial charge in [-0.05, 0) is 12.5 Å². The number of nitrogens with zero attached hydrogens (tertiary/aromatic N) is 1. The Morgan fingerprint density at radius 1 is 1.44 bits per heavy atom. The third-order valence-electron chi connectivity index (χ3n) is 3.14. The van der Waals surface area contributed by atoms with Gasteiger partial charge in [-0.15, -0.1) is 6.58 Å². The normalized spacial score (nSPS) is 15.9. The molecule has 0 radical (unpaired) electrons. The molecule has 2 unspecified atom stereocenters. The van der Waals surface area contributed by atoms with Gasteiger partial charge < -0.3 is 10.1 Å². The quantitative estimate of drug-likeness (QED) is 0.792. The van der Waals surface area contributed by atoms with Crippen LogP contribution in [0.2, 0.25) is 0 Å². The molecule has 1 aromatic heterocycles. The van der Waals surface area contributed by atoms with Crippen LogP contribution in [-0.4, -0.2) is 20.7 Å². The zero-order chi connectivity index (χ0) is 13.0. The largest absolute Gasteiger partial charge is 0.389 e. The summed E-state index contributed by atoms with van der Waals surface area (Å²) in [6, 6.07) is 9.90. The van der Waals surface area contributed by atoms with Gasteiger partial charge in [-0.1, -0.05) is 36.4 Å². The summed E-state index contributed by atoms with van der Waals surface area (Å²) in [5, 5.41) is 10.7. The second-order valence-corrected chi connectivity index (χ2v) is 4.69. The van der Waals surface area contributed by atoms with Crippen molar-refractivity contribution in [3.05, 3.63) is 66.8 Å². The van der Waals surface area contributed by atoms with E-state index in [1.54, 1.807) is 18.5 Å². The summed E-state index contributed by atoms with van der Waals surface area (Å²) in [7, 11) is 0. The lowest BCUT2D eigenvalue weighted by Crippen LogP contribution is -2.34. The molecule has 18 heavy (non-hydrogen) atoms. The Labute approximate surface area is 107 Å². The Bertz CT molecular complexity index is 488. The minimum Gasteiger partial charge on any atom is -0.389 e. The summed E-state index contributed by atoms with van der Waals surface area (Å²) >= 11 is 0. The number of aromatic nitrogens is 2. The number of nitrogens with one attached hydrogen (secondary N) is 1. The van der Waals surface area contributed by atoms with E-state index in [2.05, 4.69) is 16.5 Å². The number of H-pyrrole nitrogens is 1. The van der Waals surface area contributed by atoms with E-state index in [1.165, 1.54) is 0 Å². The second-order valence-electron chi connectivity index (χ2n) is 4.69. The van der Waals surface area contributed by atoms with Gasteiger partial charge in [0.1, 0.15) is 5.82 Å². The molecule has 2 atom stereocenters. The van der Waals surface area contributed by atoms with Crippen molar-refractivity contribution in [3.8, 4) is 0 Å². The van der Waals surface area contributed by atoms with Crippen LogP contribution in [0.5, 0.6) is 0 Å². The third-order valence-corrected chi connectivity index (χ3v) is 3.14. The fourth-order valence-corrected chi connectivity index (χ4v) is 2.25. The molecule has 0 spiro atoms. The minimum atomic E-state index is -0.916. The minimum absolute atomic E-state index is 0.121. The molecule has 0 aliphatic carbocycles. The van der Waals surface area contributed by atoms with E-state index in [1.807, 2.05) is 37.3 Å². The smallest absolute Gasteiger partial charge is 0.108 e. The standard InChI is InChI=1S/C15H18N2O/c1-3-13(12-7-5-4-6-8-12)15(2,18)11-14-16-9-10-17-14/h3-10,13,18H,1,11H2,2H3,(H,16,17). The number of aliphatic hydroxyl groups is 1. The fourth-order valence-electron chi connectivity index (χ4n) is 2.25. The highest BCUT2D eigenvalue weighted by molar-refractivity contribution is 5.27. The number of benzene rings is 1. The summed E-state index contributed by atoms with van der Waals surface area (Å²) in [5.41, 5.74) is 0.144. The molecule has 1 aromatic carbocycles. The first-order chi connectivity index (χ1) is 8.63. The summed E-state index contributed by atoms with van der Waals surface area (Å²) in [4.78, 5) is 7.18. The maximum absolute atomic E-state index is 10.7. The summed E-state index contributed by atoms with van der Waals surface area (Å²) in [6.07, 6.45) is 5.71. The van der Waals surface area contributed by atoms with Crippen molar-refractivity contribution in [2.24, 2.45) is 0 Å². The van der Waals surface area contributed by atoms with Crippen molar-refractivity contribution in [2.45, 2.75) is 24.9 Å². The Morgan fingerprint density at radius 2 is 2.17 bits per heavy atom. The van der Waals surface area contributed by atoms with Gasteiger partial charge in [0.05, 0.1) is 5.60 Å². The molecule has 1 heterocycles. The van der Waals surface area contributed by atoms with Gasteiger partial charge in [-0.2, -0.15) is 0 Å². The molecule has 0 aliphatic heterocycles. The molecule has 2 N–H and O–H groups in total. The van der Waals surface area contributed by atoms with Crippen molar-refractivity contribution in [3.63, 3.8) is 0 Å². The first-order valence-electron chi connectivity index (χ1n) is 6.01. The van der Waals surface area contributed by atoms with Gasteiger partial charge in [0, 0.05) is 24.7 Å². The average Bonchev–Trinajstić information content (AvgIpc) is 2.83. The molecule has 0 amide bonds. The highest BCUT2D eigenvalue weighted by atomic mass is 16.3. The predicted molar refractivity (Wildman–Crippen MR) is 72.3 cm³/mol. The molecule has 0 saturated carbocycles. The van der Waals surface area contributed by atoms with Crippen LogP contribution in [0.3, 0.4) is 0 Å². The van der Waals surface area contributed by atoms with Crippen molar-refractivity contribution in [1.82, 2.24) is 9.97 Å². The molecule has 0 aliphatic rings. The Morgan fingerprint density at radius 3 is 2.72 bits per heavy atom. The molecule has 0 fully saturated rings. The number of imidazole rings is 1. The van der Waals surface area contributed by atoms with Crippen molar-refractivity contribution < 1.29 is 5.11 Å². The monoisotopic (exact) mass is 242 g/mol. The summed E-state index contributed by atoms with van der Waals surface area (Å²) < 4.78 is 0. The van der Waals surface area contributed by atoms with Gasteiger partial charge in [-0.25, -0.2) is 4.98 Å². The van der Waals surface area contributed by atoms with Gasteiger partial charge in [0.25, 0.3) is 0 Å². The van der Waals surface area contributed by atoms with Gasteiger partial charge in [-0.3, -0.25) is 0 Å². The lowest BCUT2D eigenvalue weighted by molar-refractivity contribution is 0.0437. The van der Waals surface area contributed by atoms with Crippen LogP contribution in [0.15, 0.2) is 55.4 Å².